The molecule has 1 heterocycles. The standard InChI is InChI=1S/C16H14ClNO4/c1-20-12-4-2-11(13(17)7-12)8-18-16(19)10-3-5-14-15(6-10)22-9-21-14/h2-7H,8-9H2,1H3,(H,18,19). The van der Waals surface area contributed by atoms with Crippen LogP contribution in [-0.4, -0.2) is 19.8 Å². The zero-order chi connectivity index (χ0) is 15.5. The molecule has 6 heteroatoms. The predicted molar refractivity (Wildman–Crippen MR) is 81.7 cm³/mol. The molecule has 0 saturated heterocycles. The van der Waals surface area contributed by atoms with E-state index in [9.17, 15) is 4.79 Å². The van der Waals surface area contributed by atoms with Gasteiger partial charge in [0, 0.05) is 17.1 Å². The van der Waals surface area contributed by atoms with Gasteiger partial charge in [-0.3, -0.25) is 4.79 Å². The fraction of sp³-hybridized carbons (Fsp3) is 0.188. The molecule has 1 aliphatic heterocycles. The summed E-state index contributed by atoms with van der Waals surface area (Å²) in [6, 6.07) is 10.4. The van der Waals surface area contributed by atoms with E-state index in [0.717, 1.165) is 5.56 Å². The number of ether oxygens (including phenoxy) is 3. The highest BCUT2D eigenvalue weighted by Gasteiger charge is 2.16. The van der Waals surface area contributed by atoms with Gasteiger partial charge in [-0.1, -0.05) is 17.7 Å². The summed E-state index contributed by atoms with van der Waals surface area (Å²) in [5.41, 5.74) is 1.32. The van der Waals surface area contributed by atoms with E-state index < -0.39 is 0 Å². The van der Waals surface area contributed by atoms with E-state index >= 15 is 0 Å². The maximum absolute atomic E-state index is 12.2. The Kier molecular flexibility index (Phi) is 4.06. The first kappa shape index (κ1) is 14.5. The molecule has 0 saturated carbocycles. The second-order valence-corrected chi connectivity index (χ2v) is 5.12. The number of hydrogen-bond donors (Lipinski definition) is 1. The number of amides is 1. The van der Waals surface area contributed by atoms with Gasteiger partial charge in [-0.2, -0.15) is 0 Å². The van der Waals surface area contributed by atoms with Gasteiger partial charge in [-0.05, 0) is 35.9 Å². The molecule has 1 N–H and O–H groups in total. The Morgan fingerprint density at radius 2 is 2.05 bits per heavy atom. The van der Waals surface area contributed by atoms with Crippen molar-refractivity contribution in [1.82, 2.24) is 5.32 Å². The number of hydrogen-bond acceptors (Lipinski definition) is 4. The van der Waals surface area contributed by atoms with E-state index in [4.69, 9.17) is 25.8 Å². The third kappa shape index (κ3) is 2.94. The minimum absolute atomic E-state index is 0.182. The molecule has 0 atom stereocenters. The molecule has 2 aromatic rings. The van der Waals surface area contributed by atoms with Crippen LogP contribution in [0.25, 0.3) is 0 Å². The highest BCUT2D eigenvalue weighted by Crippen LogP contribution is 2.32. The van der Waals surface area contributed by atoms with Crippen LogP contribution in [0.3, 0.4) is 0 Å². The van der Waals surface area contributed by atoms with Crippen LogP contribution in [0.2, 0.25) is 5.02 Å². The lowest BCUT2D eigenvalue weighted by atomic mass is 10.1. The van der Waals surface area contributed by atoms with Crippen molar-refractivity contribution in [2.45, 2.75) is 6.54 Å². The molecule has 22 heavy (non-hydrogen) atoms. The fourth-order valence-corrected chi connectivity index (χ4v) is 2.35. The van der Waals surface area contributed by atoms with Gasteiger partial charge in [0.15, 0.2) is 11.5 Å². The summed E-state index contributed by atoms with van der Waals surface area (Å²) in [5.74, 6) is 1.70. The van der Waals surface area contributed by atoms with Crippen LogP contribution in [-0.2, 0) is 6.54 Å². The van der Waals surface area contributed by atoms with E-state index in [1.165, 1.54) is 0 Å². The maximum Gasteiger partial charge on any atom is 0.251 e. The second-order valence-electron chi connectivity index (χ2n) is 4.71. The summed E-state index contributed by atoms with van der Waals surface area (Å²) in [4.78, 5) is 12.2. The Morgan fingerprint density at radius 1 is 1.23 bits per heavy atom. The largest absolute Gasteiger partial charge is 0.497 e. The Bertz CT molecular complexity index is 717. The van der Waals surface area contributed by atoms with Gasteiger partial charge in [0.1, 0.15) is 5.75 Å². The smallest absolute Gasteiger partial charge is 0.251 e. The summed E-state index contributed by atoms with van der Waals surface area (Å²) in [6.07, 6.45) is 0. The van der Waals surface area contributed by atoms with Crippen molar-refractivity contribution in [2.24, 2.45) is 0 Å². The van der Waals surface area contributed by atoms with E-state index in [1.807, 2.05) is 6.07 Å². The van der Waals surface area contributed by atoms with Gasteiger partial charge in [-0.25, -0.2) is 0 Å². The molecule has 0 aromatic heterocycles. The van der Waals surface area contributed by atoms with Gasteiger partial charge < -0.3 is 19.5 Å². The van der Waals surface area contributed by atoms with E-state index in [-0.39, 0.29) is 12.7 Å². The molecule has 0 aliphatic carbocycles. The first-order valence-electron chi connectivity index (χ1n) is 6.67. The highest BCUT2D eigenvalue weighted by molar-refractivity contribution is 6.31. The van der Waals surface area contributed by atoms with Crippen LogP contribution in [0.5, 0.6) is 17.2 Å². The molecule has 5 nitrogen and oxygen atoms in total. The minimum atomic E-state index is -0.204. The number of nitrogens with one attached hydrogen (secondary N) is 1. The lowest BCUT2D eigenvalue weighted by Gasteiger charge is -2.09. The first-order valence-corrected chi connectivity index (χ1v) is 7.05. The SMILES string of the molecule is COc1ccc(CNC(=O)c2ccc3c(c2)OCO3)c(Cl)c1. The molecule has 1 aliphatic rings. The summed E-state index contributed by atoms with van der Waals surface area (Å²) in [6.45, 7) is 0.512. The van der Waals surface area contributed by atoms with Gasteiger partial charge >= 0.3 is 0 Å². The molecule has 0 fully saturated rings. The molecule has 0 bridgehead atoms. The highest BCUT2D eigenvalue weighted by atomic mass is 35.5. The van der Waals surface area contributed by atoms with Gasteiger partial charge in [0.25, 0.3) is 5.91 Å². The van der Waals surface area contributed by atoms with Crippen LogP contribution < -0.4 is 19.5 Å². The third-order valence-electron chi connectivity index (χ3n) is 3.33. The summed E-state index contributed by atoms with van der Waals surface area (Å²) < 4.78 is 15.6. The number of carbonyl (C=O) groups excluding carboxylic acids is 1. The number of fused-ring (bicyclic) bond motifs is 1. The molecule has 3 rings (SSSR count). The van der Waals surface area contributed by atoms with E-state index in [1.54, 1.807) is 37.4 Å². The molecule has 2 aromatic carbocycles. The van der Waals surface area contributed by atoms with E-state index in [2.05, 4.69) is 5.32 Å². The van der Waals surface area contributed by atoms with Crippen LogP contribution in [0.15, 0.2) is 36.4 Å². The molecular weight excluding hydrogens is 306 g/mol. The normalized spacial score (nSPS) is 12.1. The summed E-state index contributed by atoms with van der Waals surface area (Å²) >= 11 is 6.15. The van der Waals surface area contributed by atoms with Crippen molar-refractivity contribution in [1.29, 1.82) is 0 Å². The zero-order valence-corrected chi connectivity index (χ0v) is 12.6. The second kappa shape index (κ2) is 6.15. The molecule has 1 amide bonds. The van der Waals surface area contributed by atoms with Gasteiger partial charge in [-0.15, -0.1) is 0 Å². The number of rotatable bonds is 4. The summed E-state index contributed by atoms with van der Waals surface area (Å²) in [5, 5.41) is 3.37. The number of carbonyl (C=O) groups is 1. The van der Waals surface area contributed by atoms with Crippen LogP contribution in [0, 0.1) is 0 Å². The number of halogens is 1. The van der Waals surface area contributed by atoms with Crippen molar-refractivity contribution in [2.75, 3.05) is 13.9 Å². The van der Waals surface area contributed by atoms with Gasteiger partial charge in [0.05, 0.1) is 7.11 Å². The maximum atomic E-state index is 12.2. The van der Waals surface area contributed by atoms with Crippen LogP contribution in [0.1, 0.15) is 15.9 Å². The van der Waals surface area contributed by atoms with E-state index in [0.29, 0.717) is 34.4 Å². The molecule has 0 unspecified atom stereocenters. The quantitative estimate of drug-likeness (QED) is 0.941. The average Bonchev–Trinajstić information content (AvgIpc) is 3.00. The van der Waals surface area contributed by atoms with Crippen molar-refractivity contribution in [3.05, 3.63) is 52.5 Å². The lowest BCUT2D eigenvalue weighted by molar-refractivity contribution is 0.0950. The van der Waals surface area contributed by atoms with Crippen molar-refractivity contribution in [3.8, 4) is 17.2 Å². The molecular formula is C16H14ClNO4. The number of benzene rings is 2. The Morgan fingerprint density at radius 3 is 2.82 bits per heavy atom. The molecule has 114 valence electrons. The van der Waals surface area contributed by atoms with Gasteiger partial charge in [0.2, 0.25) is 6.79 Å². The summed E-state index contributed by atoms with van der Waals surface area (Å²) in [7, 11) is 1.58. The third-order valence-corrected chi connectivity index (χ3v) is 3.69. The predicted octanol–water partition coefficient (Wildman–Crippen LogP) is 3.01. The topological polar surface area (TPSA) is 56.8 Å². The Labute approximate surface area is 132 Å². The van der Waals surface area contributed by atoms with Crippen molar-refractivity contribution >= 4 is 17.5 Å². The van der Waals surface area contributed by atoms with Crippen molar-refractivity contribution in [3.63, 3.8) is 0 Å². The molecule has 0 radical (unpaired) electrons. The Balaban J connectivity index is 1.67. The number of methoxy groups -OCH3 is 1. The van der Waals surface area contributed by atoms with Crippen LogP contribution >= 0.6 is 11.6 Å². The molecule has 0 spiro atoms. The lowest BCUT2D eigenvalue weighted by Crippen LogP contribution is -2.22. The zero-order valence-electron chi connectivity index (χ0n) is 11.9. The Hall–Kier alpha value is -2.40. The minimum Gasteiger partial charge on any atom is -0.497 e. The van der Waals surface area contributed by atoms with Crippen molar-refractivity contribution < 1.29 is 19.0 Å². The average molecular weight is 320 g/mol. The monoisotopic (exact) mass is 319 g/mol. The van der Waals surface area contributed by atoms with Crippen LogP contribution in [0.4, 0.5) is 0 Å². The first-order chi connectivity index (χ1) is 10.7. The fourth-order valence-electron chi connectivity index (χ4n) is 2.11.